The summed E-state index contributed by atoms with van der Waals surface area (Å²) in [6.07, 6.45) is 12.2. The molecule has 0 aromatic rings. The lowest BCUT2D eigenvalue weighted by Crippen LogP contribution is -2.59. The summed E-state index contributed by atoms with van der Waals surface area (Å²) in [6.45, 7) is 8.52. The second-order valence-corrected chi connectivity index (χ2v) is 8.08. The van der Waals surface area contributed by atoms with Crippen LogP contribution in [0, 0.1) is 5.92 Å². The minimum Gasteiger partial charge on any atom is -0.311 e. The van der Waals surface area contributed by atoms with Crippen LogP contribution in [0.3, 0.4) is 0 Å². The van der Waals surface area contributed by atoms with Gasteiger partial charge in [-0.05, 0) is 44.4 Å². The Bertz CT molecular complexity index is 266. The Kier molecular flexibility index (Phi) is 7.20. The summed E-state index contributed by atoms with van der Waals surface area (Å²) in [4.78, 5) is 2.79. The first-order chi connectivity index (χ1) is 9.74. The van der Waals surface area contributed by atoms with E-state index in [1.54, 1.807) is 0 Å². The largest absolute Gasteiger partial charge is 0.311 e. The SMILES string of the molecule is CCC1CNC(C2CCCCC2)CN1CCC(C)SC. The average Bonchev–Trinajstić information content (AvgIpc) is 2.53. The number of nitrogens with one attached hydrogen (secondary N) is 1. The number of hydrogen-bond acceptors (Lipinski definition) is 3. The molecule has 0 bridgehead atoms. The van der Waals surface area contributed by atoms with Crippen molar-refractivity contribution in [2.24, 2.45) is 5.92 Å². The second kappa shape index (κ2) is 8.65. The van der Waals surface area contributed by atoms with Gasteiger partial charge in [0, 0.05) is 30.4 Å². The molecule has 2 aliphatic rings. The van der Waals surface area contributed by atoms with E-state index in [1.807, 2.05) is 11.8 Å². The Balaban J connectivity index is 1.85. The number of thioether (sulfide) groups is 1. The molecule has 2 nitrogen and oxygen atoms in total. The Labute approximate surface area is 130 Å². The van der Waals surface area contributed by atoms with Gasteiger partial charge in [-0.15, -0.1) is 0 Å². The van der Waals surface area contributed by atoms with Crippen molar-refractivity contribution in [3.05, 3.63) is 0 Å². The quantitative estimate of drug-likeness (QED) is 0.804. The molecule has 1 aliphatic heterocycles. The normalized spacial score (nSPS) is 31.4. The van der Waals surface area contributed by atoms with Crippen LogP contribution in [0.2, 0.25) is 0 Å². The predicted octanol–water partition coefficient (Wildman–Crippen LogP) is 3.76. The number of rotatable bonds is 6. The van der Waals surface area contributed by atoms with Crippen LogP contribution < -0.4 is 5.32 Å². The fourth-order valence-corrected chi connectivity index (χ4v) is 4.22. The highest BCUT2D eigenvalue weighted by molar-refractivity contribution is 7.99. The van der Waals surface area contributed by atoms with Gasteiger partial charge in [0.25, 0.3) is 0 Å². The Morgan fingerprint density at radius 2 is 2.00 bits per heavy atom. The van der Waals surface area contributed by atoms with Crippen molar-refractivity contribution in [2.45, 2.75) is 76.1 Å². The van der Waals surface area contributed by atoms with E-state index in [1.165, 1.54) is 64.6 Å². The minimum absolute atomic E-state index is 0.766. The van der Waals surface area contributed by atoms with Crippen molar-refractivity contribution in [1.82, 2.24) is 10.2 Å². The molecule has 3 atom stereocenters. The molecule has 3 heteroatoms. The van der Waals surface area contributed by atoms with Gasteiger partial charge < -0.3 is 5.32 Å². The van der Waals surface area contributed by atoms with Crippen molar-refractivity contribution in [3.8, 4) is 0 Å². The monoisotopic (exact) mass is 298 g/mol. The van der Waals surface area contributed by atoms with E-state index < -0.39 is 0 Å². The minimum atomic E-state index is 0.766. The van der Waals surface area contributed by atoms with Gasteiger partial charge in [0.2, 0.25) is 0 Å². The van der Waals surface area contributed by atoms with E-state index >= 15 is 0 Å². The standard InChI is InChI=1S/C17H34N2S/c1-4-16-12-18-17(15-8-6-5-7-9-15)13-19(16)11-10-14(2)20-3/h14-18H,4-13H2,1-3H3. The van der Waals surface area contributed by atoms with Crippen LogP contribution in [0.5, 0.6) is 0 Å². The molecule has 0 spiro atoms. The lowest BCUT2D eigenvalue weighted by Gasteiger charge is -2.44. The van der Waals surface area contributed by atoms with E-state index in [-0.39, 0.29) is 0 Å². The first-order valence-corrected chi connectivity index (χ1v) is 10.0. The van der Waals surface area contributed by atoms with Crippen molar-refractivity contribution < 1.29 is 0 Å². The molecule has 2 rings (SSSR count). The van der Waals surface area contributed by atoms with E-state index in [0.29, 0.717) is 0 Å². The fraction of sp³-hybridized carbons (Fsp3) is 1.00. The topological polar surface area (TPSA) is 15.3 Å². The van der Waals surface area contributed by atoms with Gasteiger partial charge in [0.05, 0.1) is 0 Å². The van der Waals surface area contributed by atoms with E-state index in [0.717, 1.165) is 23.3 Å². The van der Waals surface area contributed by atoms with Gasteiger partial charge in [0.1, 0.15) is 0 Å². The summed E-state index contributed by atoms with van der Waals surface area (Å²) in [5.74, 6) is 0.946. The molecule has 1 saturated heterocycles. The first-order valence-electron chi connectivity index (χ1n) is 8.74. The zero-order valence-electron chi connectivity index (χ0n) is 13.7. The number of nitrogens with zero attached hydrogens (tertiary/aromatic N) is 1. The molecule has 1 N–H and O–H groups in total. The maximum Gasteiger partial charge on any atom is 0.0224 e. The van der Waals surface area contributed by atoms with Gasteiger partial charge in [-0.25, -0.2) is 0 Å². The maximum atomic E-state index is 3.87. The Morgan fingerprint density at radius 3 is 2.65 bits per heavy atom. The number of piperazine rings is 1. The van der Waals surface area contributed by atoms with Crippen molar-refractivity contribution in [1.29, 1.82) is 0 Å². The van der Waals surface area contributed by atoms with Gasteiger partial charge >= 0.3 is 0 Å². The second-order valence-electron chi connectivity index (χ2n) is 6.80. The molecule has 1 aliphatic carbocycles. The Morgan fingerprint density at radius 1 is 1.25 bits per heavy atom. The van der Waals surface area contributed by atoms with Crippen LogP contribution in [0.4, 0.5) is 0 Å². The smallest absolute Gasteiger partial charge is 0.0224 e. The van der Waals surface area contributed by atoms with Gasteiger partial charge in [0.15, 0.2) is 0 Å². The summed E-state index contributed by atoms with van der Waals surface area (Å²) in [7, 11) is 0. The molecule has 0 amide bonds. The maximum absolute atomic E-state index is 3.87. The highest BCUT2D eigenvalue weighted by atomic mass is 32.2. The zero-order chi connectivity index (χ0) is 14.4. The van der Waals surface area contributed by atoms with Crippen LogP contribution in [0.25, 0.3) is 0 Å². The van der Waals surface area contributed by atoms with Gasteiger partial charge in [-0.3, -0.25) is 4.90 Å². The van der Waals surface area contributed by atoms with Crippen molar-refractivity contribution in [2.75, 3.05) is 25.9 Å². The zero-order valence-corrected chi connectivity index (χ0v) is 14.6. The average molecular weight is 299 g/mol. The molecule has 0 aromatic heterocycles. The Hall–Kier alpha value is 0.270. The summed E-state index contributed by atoms with van der Waals surface area (Å²) >= 11 is 2.01. The summed E-state index contributed by atoms with van der Waals surface area (Å²) < 4.78 is 0. The third-order valence-corrected chi connectivity index (χ3v) is 6.52. The molecular formula is C17H34N2S. The third-order valence-electron chi connectivity index (χ3n) is 5.48. The molecule has 2 fully saturated rings. The fourth-order valence-electron chi connectivity index (χ4n) is 3.88. The molecular weight excluding hydrogens is 264 g/mol. The van der Waals surface area contributed by atoms with Crippen LogP contribution in [-0.4, -0.2) is 48.1 Å². The van der Waals surface area contributed by atoms with Crippen LogP contribution in [-0.2, 0) is 0 Å². The summed E-state index contributed by atoms with van der Waals surface area (Å²) in [5.41, 5.74) is 0. The van der Waals surface area contributed by atoms with Crippen LogP contribution in [0.15, 0.2) is 0 Å². The third kappa shape index (κ3) is 4.64. The molecule has 20 heavy (non-hydrogen) atoms. The van der Waals surface area contributed by atoms with E-state index in [2.05, 4.69) is 30.3 Å². The van der Waals surface area contributed by atoms with Crippen molar-refractivity contribution in [3.63, 3.8) is 0 Å². The van der Waals surface area contributed by atoms with Crippen LogP contribution in [0.1, 0.15) is 58.8 Å². The highest BCUT2D eigenvalue weighted by Gasteiger charge is 2.31. The van der Waals surface area contributed by atoms with Gasteiger partial charge in [-0.2, -0.15) is 11.8 Å². The molecule has 3 unspecified atom stereocenters. The molecule has 1 saturated carbocycles. The first kappa shape index (κ1) is 16.6. The predicted molar refractivity (Wildman–Crippen MR) is 91.6 cm³/mol. The molecule has 0 radical (unpaired) electrons. The summed E-state index contributed by atoms with van der Waals surface area (Å²) in [6, 6.07) is 1.53. The molecule has 0 aromatic carbocycles. The van der Waals surface area contributed by atoms with E-state index in [9.17, 15) is 0 Å². The van der Waals surface area contributed by atoms with Crippen LogP contribution >= 0.6 is 11.8 Å². The molecule has 1 heterocycles. The highest BCUT2D eigenvalue weighted by Crippen LogP contribution is 2.29. The summed E-state index contributed by atoms with van der Waals surface area (Å²) in [5, 5.41) is 4.68. The molecule has 118 valence electrons. The number of hydrogen-bond donors (Lipinski definition) is 1. The van der Waals surface area contributed by atoms with Crippen molar-refractivity contribution >= 4 is 11.8 Å². The lowest BCUT2D eigenvalue weighted by molar-refractivity contribution is 0.0927. The van der Waals surface area contributed by atoms with E-state index in [4.69, 9.17) is 0 Å². The lowest BCUT2D eigenvalue weighted by atomic mass is 9.82. The van der Waals surface area contributed by atoms with Gasteiger partial charge in [-0.1, -0.05) is 33.1 Å².